The molecule has 0 radical (unpaired) electrons. The van der Waals surface area contributed by atoms with E-state index in [2.05, 4.69) is 33.0 Å². The van der Waals surface area contributed by atoms with Crippen molar-refractivity contribution in [2.45, 2.75) is 59.4 Å². The zero-order chi connectivity index (χ0) is 16.0. The molecule has 0 aromatic rings. The fraction of sp³-hybridized carbons (Fsp3) is 0.875. The van der Waals surface area contributed by atoms with E-state index in [0.717, 1.165) is 19.3 Å². The summed E-state index contributed by atoms with van der Waals surface area (Å²) >= 11 is 0. The molecular formula is C16H30N2O3. The molecule has 0 aliphatic heterocycles. The third-order valence-corrected chi connectivity index (χ3v) is 3.85. The highest BCUT2D eigenvalue weighted by molar-refractivity contribution is 5.77. The average molecular weight is 298 g/mol. The Kier molecular flexibility index (Phi) is 6.99. The minimum Gasteiger partial charge on any atom is -0.481 e. The van der Waals surface area contributed by atoms with Crippen LogP contribution in [0.1, 0.15) is 53.4 Å². The van der Waals surface area contributed by atoms with E-state index in [1.54, 1.807) is 0 Å². The molecule has 5 nitrogen and oxygen atoms in total. The van der Waals surface area contributed by atoms with Crippen molar-refractivity contribution >= 4 is 12.0 Å². The summed E-state index contributed by atoms with van der Waals surface area (Å²) in [6.07, 6.45) is 3.35. The summed E-state index contributed by atoms with van der Waals surface area (Å²) in [5.74, 6) is -0.436. The van der Waals surface area contributed by atoms with Crippen LogP contribution in [0.3, 0.4) is 0 Å². The minimum absolute atomic E-state index is 0.115. The molecule has 0 heterocycles. The molecule has 2 N–H and O–H groups in total. The van der Waals surface area contributed by atoms with Gasteiger partial charge in [-0.2, -0.15) is 0 Å². The second kappa shape index (κ2) is 8.25. The van der Waals surface area contributed by atoms with Crippen molar-refractivity contribution in [2.24, 2.45) is 17.8 Å². The van der Waals surface area contributed by atoms with E-state index in [-0.39, 0.29) is 12.1 Å². The van der Waals surface area contributed by atoms with Gasteiger partial charge in [0.1, 0.15) is 0 Å². The molecule has 0 bridgehead atoms. The Bertz CT molecular complexity index is 345. The molecule has 1 aliphatic carbocycles. The maximum Gasteiger partial charge on any atom is 0.317 e. The molecule has 1 saturated carbocycles. The van der Waals surface area contributed by atoms with Crippen LogP contribution in [0.4, 0.5) is 4.79 Å². The number of hydrogen-bond acceptors (Lipinski definition) is 2. The smallest absolute Gasteiger partial charge is 0.317 e. The largest absolute Gasteiger partial charge is 0.481 e. The van der Waals surface area contributed by atoms with Crippen molar-refractivity contribution in [3.8, 4) is 0 Å². The van der Waals surface area contributed by atoms with Crippen LogP contribution >= 0.6 is 0 Å². The van der Waals surface area contributed by atoms with E-state index in [0.29, 0.717) is 31.3 Å². The first-order chi connectivity index (χ1) is 9.81. The normalized spacial score (nSPS) is 22.4. The van der Waals surface area contributed by atoms with Crippen LogP contribution in [0.25, 0.3) is 0 Å². The van der Waals surface area contributed by atoms with Crippen LogP contribution in [0.15, 0.2) is 0 Å². The number of nitrogens with zero attached hydrogens (tertiary/aromatic N) is 1. The van der Waals surface area contributed by atoms with Crippen molar-refractivity contribution in [1.29, 1.82) is 0 Å². The molecule has 5 heteroatoms. The molecule has 0 spiro atoms. The fourth-order valence-corrected chi connectivity index (χ4v) is 2.97. The first-order valence-corrected chi connectivity index (χ1v) is 8.09. The number of carbonyl (C=O) groups is 2. The maximum absolute atomic E-state index is 12.5. The van der Waals surface area contributed by atoms with Crippen LogP contribution in [-0.2, 0) is 4.79 Å². The summed E-state index contributed by atoms with van der Waals surface area (Å²) in [6.45, 7) is 9.74. The van der Waals surface area contributed by atoms with Crippen molar-refractivity contribution in [3.05, 3.63) is 0 Å². The highest BCUT2D eigenvalue weighted by atomic mass is 16.4. The monoisotopic (exact) mass is 298 g/mol. The van der Waals surface area contributed by atoms with E-state index < -0.39 is 11.9 Å². The van der Waals surface area contributed by atoms with Crippen LogP contribution < -0.4 is 5.32 Å². The maximum atomic E-state index is 12.5. The number of carboxylic acid groups (broad SMARTS) is 1. The molecule has 122 valence electrons. The lowest BCUT2D eigenvalue weighted by Crippen LogP contribution is -2.51. The second-order valence-electron chi connectivity index (χ2n) is 6.98. The number of rotatable bonds is 6. The lowest BCUT2D eigenvalue weighted by molar-refractivity contribution is -0.143. The van der Waals surface area contributed by atoms with Crippen molar-refractivity contribution in [3.63, 3.8) is 0 Å². The fourth-order valence-electron chi connectivity index (χ4n) is 2.97. The van der Waals surface area contributed by atoms with Gasteiger partial charge in [-0.15, -0.1) is 0 Å². The van der Waals surface area contributed by atoms with E-state index in [9.17, 15) is 14.7 Å². The van der Waals surface area contributed by atoms with Gasteiger partial charge in [-0.25, -0.2) is 4.79 Å². The van der Waals surface area contributed by atoms with Crippen LogP contribution in [0.2, 0.25) is 0 Å². The van der Waals surface area contributed by atoms with Crippen LogP contribution in [-0.4, -0.2) is 41.1 Å². The summed E-state index contributed by atoms with van der Waals surface area (Å²) in [5.41, 5.74) is 0. The number of carbonyl (C=O) groups excluding carboxylic acids is 1. The SMILES string of the molecule is CC(C)CN(CC(C)C)C(=O)NC1CCCCC1C(=O)O. The number of nitrogens with one attached hydrogen (secondary N) is 1. The van der Waals surface area contributed by atoms with Gasteiger partial charge in [0, 0.05) is 19.1 Å². The van der Waals surface area contributed by atoms with Gasteiger partial charge in [0.2, 0.25) is 0 Å². The van der Waals surface area contributed by atoms with E-state index >= 15 is 0 Å². The summed E-state index contributed by atoms with van der Waals surface area (Å²) in [7, 11) is 0. The third kappa shape index (κ3) is 5.94. The zero-order valence-electron chi connectivity index (χ0n) is 13.8. The van der Waals surface area contributed by atoms with Gasteiger partial charge < -0.3 is 15.3 Å². The first-order valence-electron chi connectivity index (χ1n) is 8.09. The van der Waals surface area contributed by atoms with Gasteiger partial charge >= 0.3 is 12.0 Å². The van der Waals surface area contributed by atoms with Gasteiger partial charge in [-0.1, -0.05) is 40.5 Å². The van der Waals surface area contributed by atoms with Gasteiger partial charge in [-0.05, 0) is 24.7 Å². The molecule has 1 rings (SSSR count). The predicted molar refractivity (Wildman–Crippen MR) is 83.2 cm³/mol. The van der Waals surface area contributed by atoms with Crippen molar-refractivity contribution < 1.29 is 14.7 Å². The molecular weight excluding hydrogens is 268 g/mol. The Labute approximate surface area is 128 Å². The first kappa shape index (κ1) is 17.8. The average Bonchev–Trinajstić information content (AvgIpc) is 2.37. The highest BCUT2D eigenvalue weighted by Gasteiger charge is 2.32. The standard InChI is InChI=1S/C16H30N2O3/c1-11(2)9-18(10-12(3)4)16(21)17-14-8-6-5-7-13(14)15(19)20/h11-14H,5-10H2,1-4H3,(H,17,21)(H,19,20). The number of amides is 2. The third-order valence-electron chi connectivity index (χ3n) is 3.85. The summed E-state index contributed by atoms with van der Waals surface area (Å²) in [4.78, 5) is 25.6. The summed E-state index contributed by atoms with van der Waals surface area (Å²) in [5, 5.41) is 12.3. The topological polar surface area (TPSA) is 69.6 Å². The van der Waals surface area contributed by atoms with E-state index in [1.165, 1.54) is 0 Å². The Balaban J connectivity index is 2.67. The van der Waals surface area contributed by atoms with Gasteiger partial charge in [0.25, 0.3) is 0 Å². The number of aliphatic carboxylic acids is 1. The van der Waals surface area contributed by atoms with Gasteiger partial charge in [-0.3, -0.25) is 4.79 Å². The molecule has 21 heavy (non-hydrogen) atoms. The molecule has 0 aromatic carbocycles. The number of urea groups is 1. The summed E-state index contributed by atoms with van der Waals surface area (Å²) in [6, 6.07) is -0.346. The highest BCUT2D eigenvalue weighted by Crippen LogP contribution is 2.25. The molecule has 1 fully saturated rings. The zero-order valence-corrected chi connectivity index (χ0v) is 13.8. The number of hydrogen-bond donors (Lipinski definition) is 2. The molecule has 0 aromatic heterocycles. The van der Waals surface area contributed by atoms with Crippen molar-refractivity contribution in [2.75, 3.05) is 13.1 Å². The van der Waals surface area contributed by atoms with E-state index in [1.807, 2.05) is 4.90 Å². The Morgan fingerprint density at radius 3 is 2.10 bits per heavy atom. The molecule has 2 atom stereocenters. The second-order valence-corrected chi connectivity index (χ2v) is 6.98. The Morgan fingerprint density at radius 1 is 1.10 bits per heavy atom. The summed E-state index contributed by atoms with van der Waals surface area (Å²) < 4.78 is 0. The Morgan fingerprint density at radius 2 is 1.62 bits per heavy atom. The predicted octanol–water partition coefficient (Wildman–Crippen LogP) is 2.95. The molecule has 1 aliphatic rings. The number of carboxylic acids is 1. The quantitative estimate of drug-likeness (QED) is 0.792. The van der Waals surface area contributed by atoms with Crippen LogP contribution in [0.5, 0.6) is 0 Å². The Hall–Kier alpha value is -1.26. The van der Waals surface area contributed by atoms with Crippen LogP contribution in [0, 0.1) is 17.8 Å². The lowest BCUT2D eigenvalue weighted by atomic mass is 9.84. The lowest BCUT2D eigenvalue weighted by Gasteiger charge is -2.33. The molecule has 2 amide bonds. The molecule has 2 unspecified atom stereocenters. The van der Waals surface area contributed by atoms with Gasteiger partial charge in [0.05, 0.1) is 5.92 Å². The van der Waals surface area contributed by atoms with Crippen molar-refractivity contribution in [1.82, 2.24) is 10.2 Å². The van der Waals surface area contributed by atoms with Gasteiger partial charge in [0.15, 0.2) is 0 Å². The molecule has 0 saturated heterocycles. The van der Waals surface area contributed by atoms with E-state index in [4.69, 9.17) is 0 Å². The minimum atomic E-state index is -0.792.